The number of anilines is 2. The molecule has 0 spiro atoms. The van der Waals surface area contributed by atoms with Crippen LogP contribution < -0.4 is 66.9 Å². The van der Waals surface area contributed by atoms with Crippen molar-refractivity contribution in [2.45, 2.75) is 94.2 Å². The number of rotatable bonds is 13. The number of aliphatic hydroxyl groups excluding tert-OH is 4. The number of ether oxygens (including phenoxy) is 2. The van der Waals surface area contributed by atoms with Crippen molar-refractivity contribution in [1.29, 1.82) is 0 Å². The molecule has 2 amide bonds. The van der Waals surface area contributed by atoms with Gasteiger partial charge in [0.25, 0.3) is 0 Å². The SMILES string of the molecule is CCC(C)[C@@]1(c2cccc(NC(=O)N[C@@H]3O[C@H](COS(=O)(=O)O)[C@@H](O)[C@H](OCc4ccccc4)[C@H]3O)c2)c2cc(N(C)C)ccc2S(=O)(=O)C[C@@H](CC)[C@H]1O.CCO.O.[H-].[K+]. The Morgan fingerprint density at radius 3 is 2.25 bits per heavy atom. The summed E-state index contributed by atoms with van der Waals surface area (Å²) in [6, 6.07) is 20.0. The van der Waals surface area contributed by atoms with Gasteiger partial charge in [-0.1, -0.05) is 69.7 Å². The topological polar surface area (TPSA) is 273 Å². The van der Waals surface area contributed by atoms with Crippen molar-refractivity contribution in [3.63, 3.8) is 0 Å². The van der Waals surface area contributed by atoms with Crippen LogP contribution in [0.1, 0.15) is 58.7 Å². The molecule has 60 heavy (non-hydrogen) atoms. The largest absolute Gasteiger partial charge is 1.00 e. The van der Waals surface area contributed by atoms with Gasteiger partial charge in [0, 0.05) is 38.0 Å². The minimum absolute atomic E-state index is 0. The summed E-state index contributed by atoms with van der Waals surface area (Å²) in [7, 11) is -5.05. The molecule has 0 aliphatic carbocycles. The van der Waals surface area contributed by atoms with E-state index in [1.165, 1.54) is 0 Å². The van der Waals surface area contributed by atoms with E-state index in [9.17, 15) is 36.9 Å². The van der Waals surface area contributed by atoms with E-state index < -0.39 is 81.0 Å². The summed E-state index contributed by atoms with van der Waals surface area (Å²) in [5.41, 5.74) is 1.54. The zero-order valence-corrected chi connectivity index (χ0v) is 39.8. The molecule has 20 heteroatoms. The number of nitrogens with zero attached hydrogens (tertiary/aromatic N) is 1. The molecular weight excluding hydrogens is 850 g/mol. The van der Waals surface area contributed by atoms with Gasteiger partial charge in [0.05, 0.1) is 35.4 Å². The average molecular weight is 910 g/mol. The van der Waals surface area contributed by atoms with Crippen LogP contribution in [0.2, 0.25) is 0 Å². The Hall–Kier alpha value is -2.09. The third-order valence-corrected chi connectivity index (χ3v) is 13.1. The molecule has 1 unspecified atom stereocenters. The minimum Gasteiger partial charge on any atom is -1.00 e. The molecule has 0 aromatic heterocycles. The number of nitrogens with one attached hydrogen (secondary N) is 2. The van der Waals surface area contributed by atoms with Gasteiger partial charge in [0.1, 0.15) is 24.4 Å². The van der Waals surface area contributed by atoms with Crippen LogP contribution in [0.15, 0.2) is 77.7 Å². The van der Waals surface area contributed by atoms with E-state index in [4.69, 9.17) is 19.1 Å². The van der Waals surface area contributed by atoms with Crippen LogP contribution in [0, 0.1) is 11.8 Å². The standard InChI is InChI=1S/C38H51N3O12S2.C2H6O.K.H2O.H/c1-6-23(3)38(29-19-28(41(4)5)16-17-31(29)54(46,47)22-25(7-2)35(38)44)26-14-11-15-27(18-26)39-37(45)40-36-33(43)34(51-20-24-12-9-8-10-13-24)32(42)30(53-36)21-52-55(48,49)50;1-2-3;;;/h8-19,23,25,30,32-36,42-44H,6-7,20-22H2,1-5H3,(H2,39,40,45)(H,48,49,50);3H,2H2,1H3;;1H2;/q;;+1;;-1/t23?,25-,30-,32-,33-,34+,35-,36-,38-;;;;/m1..../s1. The summed E-state index contributed by atoms with van der Waals surface area (Å²) >= 11 is 0. The normalized spacial score (nSPS) is 26.3. The Morgan fingerprint density at radius 1 is 1.02 bits per heavy atom. The molecule has 0 bridgehead atoms. The van der Waals surface area contributed by atoms with Crippen LogP contribution in [0.4, 0.5) is 16.2 Å². The van der Waals surface area contributed by atoms with Crippen molar-refractivity contribution >= 4 is 37.6 Å². The van der Waals surface area contributed by atoms with Crippen LogP contribution in [0.25, 0.3) is 0 Å². The average Bonchev–Trinajstić information content (AvgIpc) is 3.25. The van der Waals surface area contributed by atoms with E-state index in [1.54, 1.807) is 73.7 Å². The number of amides is 2. The molecule has 1 fully saturated rings. The fourth-order valence-electron chi connectivity index (χ4n) is 7.68. The Bertz CT molecular complexity index is 2050. The van der Waals surface area contributed by atoms with Crippen LogP contribution in [0.3, 0.4) is 0 Å². The molecular formula is C40H60KN3O14S2. The van der Waals surface area contributed by atoms with Crippen molar-refractivity contribution in [1.82, 2.24) is 5.32 Å². The quantitative estimate of drug-likeness (QED) is 0.0844. The van der Waals surface area contributed by atoms with E-state index in [1.807, 2.05) is 45.8 Å². The maximum atomic E-state index is 13.9. The fourth-order valence-corrected chi connectivity index (χ4v) is 9.98. The smallest absolute Gasteiger partial charge is 1.00 e. The van der Waals surface area contributed by atoms with Gasteiger partial charge >= 0.3 is 67.8 Å². The summed E-state index contributed by atoms with van der Waals surface area (Å²) < 4.78 is 75.6. The first-order chi connectivity index (χ1) is 27.3. The van der Waals surface area contributed by atoms with Crippen molar-refractivity contribution < 1.29 is 119 Å². The van der Waals surface area contributed by atoms with E-state index in [-0.39, 0.29) is 93.8 Å². The van der Waals surface area contributed by atoms with Gasteiger partial charge in [-0.25, -0.2) is 17.4 Å². The van der Waals surface area contributed by atoms with E-state index >= 15 is 0 Å². The molecule has 332 valence electrons. The van der Waals surface area contributed by atoms with Crippen molar-refractivity contribution in [3.05, 3.63) is 89.5 Å². The number of fused-ring (bicyclic) bond motifs is 1. The number of hydrogen-bond donors (Lipinski definition) is 7. The summed E-state index contributed by atoms with van der Waals surface area (Å²) in [5, 5.41) is 47.4. The van der Waals surface area contributed by atoms with Crippen LogP contribution in [-0.2, 0) is 45.9 Å². The molecule has 3 aromatic carbocycles. The Kier molecular flexibility index (Phi) is 21.2. The van der Waals surface area contributed by atoms with Gasteiger partial charge in [-0.3, -0.25) is 4.55 Å². The summed E-state index contributed by atoms with van der Waals surface area (Å²) in [4.78, 5) is 15.6. The first kappa shape index (κ1) is 54.0. The maximum absolute atomic E-state index is 13.9. The van der Waals surface area contributed by atoms with Gasteiger partial charge in [-0.2, -0.15) is 8.42 Å². The maximum Gasteiger partial charge on any atom is 1.00 e. The van der Waals surface area contributed by atoms with Crippen molar-refractivity contribution in [2.24, 2.45) is 11.8 Å². The van der Waals surface area contributed by atoms with Crippen molar-refractivity contribution in [3.8, 4) is 0 Å². The van der Waals surface area contributed by atoms with E-state index in [2.05, 4.69) is 14.8 Å². The van der Waals surface area contributed by atoms with Crippen LogP contribution in [0.5, 0.6) is 0 Å². The number of urea groups is 1. The fraction of sp³-hybridized carbons (Fsp3) is 0.525. The molecule has 5 rings (SSSR count). The first-order valence-corrected chi connectivity index (χ1v) is 22.2. The van der Waals surface area contributed by atoms with Crippen LogP contribution in [-0.4, -0.2) is 123 Å². The summed E-state index contributed by atoms with van der Waals surface area (Å²) in [5.74, 6) is -1.12. The number of carbonyl (C=O) groups is 1. The first-order valence-electron chi connectivity index (χ1n) is 19.1. The van der Waals surface area contributed by atoms with Gasteiger partial charge in [0.2, 0.25) is 0 Å². The van der Waals surface area contributed by atoms with E-state index in [0.29, 0.717) is 29.5 Å². The number of benzene rings is 3. The van der Waals surface area contributed by atoms with Gasteiger partial charge < -0.3 is 52.3 Å². The molecule has 9 atom stereocenters. The Labute approximate surface area is 396 Å². The molecule has 0 radical (unpaired) electrons. The zero-order valence-electron chi connectivity index (χ0n) is 36.1. The molecule has 9 N–H and O–H groups in total. The van der Waals surface area contributed by atoms with Gasteiger partial charge in [-0.05, 0) is 66.3 Å². The second kappa shape index (κ2) is 23.5. The Balaban J connectivity index is 0.00000301. The second-order valence-electron chi connectivity index (χ2n) is 14.7. The van der Waals surface area contributed by atoms with E-state index in [0.717, 1.165) is 5.69 Å². The Morgan fingerprint density at radius 2 is 1.67 bits per heavy atom. The number of hydrogen-bond acceptors (Lipinski definition) is 13. The zero-order chi connectivity index (χ0) is 43.0. The van der Waals surface area contributed by atoms with Crippen LogP contribution >= 0.6 is 0 Å². The third kappa shape index (κ3) is 12.8. The van der Waals surface area contributed by atoms with Gasteiger partial charge in [0.15, 0.2) is 16.1 Å². The monoisotopic (exact) mass is 909 g/mol. The molecule has 17 nitrogen and oxygen atoms in total. The third-order valence-electron chi connectivity index (χ3n) is 10.7. The molecule has 0 saturated carbocycles. The second-order valence-corrected chi connectivity index (χ2v) is 17.8. The van der Waals surface area contributed by atoms with Crippen molar-refractivity contribution in [2.75, 3.05) is 43.3 Å². The predicted octanol–water partition coefficient (Wildman–Crippen LogP) is -0.477. The minimum atomic E-state index is -4.93. The predicted molar refractivity (Wildman–Crippen MR) is 222 cm³/mol. The molecule has 2 aliphatic rings. The number of carbonyl (C=O) groups excluding carboxylic acids is 1. The summed E-state index contributed by atoms with van der Waals surface area (Å²) in [6.45, 7) is 6.82. The molecule has 3 aromatic rings. The number of aliphatic hydroxyl groups is 4. The number of sulfone groups is 1. The van der Waals surface area contributed by atoms with Gasteiger partial charge in [-0.15, -0.1) is 0 Å². The molecule has 2 aliphatic heterocycles. The summed E-state index contributed by atoms with van der Waals surface area (Å²) in [6.07, 6.45) is -7.84. The molecule has 1 saturated heterocycles. The molecule has 2 heterocycles.